The third kappa shape index (κ3) is 4.40. The number of nitrogens with one attached hydrogen (secondary N) is 1. The molecule has 1 aromatic carbocycles. The second-order valence-electron chi connectivity index (χ2n) is 8.20. The van der Waals surface area contributed by atoms with E-state index < -0.39 is 6.09 Å². The number of benzene rings is 1. The Labute approximate surface area is 174 Å². The van der Waals surface area contributed by atoms with Crippen molar-refractivity contribution in [3.05, 3.63) is 23.2 Å². The molecule has 3 heterocycles. The molecule has 1 amide bonds. The van der Waals surface area contributed by atoms with Gasteiger partial charge in [-0.3, -0.25) is 5.32 Å². The van der Waals surface area contributed by atoms with Crippen LogP contribution in [0.2, 0.25) is 0 Å². The van der Waals surface area contributed by atoms with E-state index in [4.69, 9.17) is 14.6 Å². The third-order valence-electron chi connectivity index (χ3n) is 6.20. The number of morpholine rings is 1. The Kier molecular flexibility index (Phi) is 5.67. The number of nitrogens with zero attached hydrogens (tertiary/aromatic N) is 3. The summed E-state index contributed by atoms with van der Waals surface area (Å²) in [5, 5.41) is 5.70. The number of hydroxylamine groups is 2. The van der Waals surface area contributed by atoms with Crippen LogP contribution in [0.25, 0.3) is 10.2 Å². The summed E-state index contributed by atoms with van der Waals surface area (Å²) in [5.41, 5.74) is 1.75. The number of aromatic nitrogens is 1. The number of piperidine rings is 1. The first-order valence-electron chi connectivity index (χ1n) is 10.7. The molecule has 8 heteroatoms. The van der Waals surface area contributed by atoms with Crippen molar-refractivity contribution in [3.8, 4) is 0 Å². The van der Waals surface area contributed by atoms with Crippen LogP contribution in [-0.2, 0) is 9.57 Å². The fraction of sp³-hybridized carbons (Fsp3) is 0.619. The Morgan fingerprint density at radius 3 is 2.72 bits per heavy atom. The predicted molar refractivity (Wildman–Crippen MR) is 113 cm³/mol. The number of hydrogen-bond donors (Lipinski definition) is 1. The molecule has 2 aromatic rings. The van der Waals surface area contributed by atoms with Gasteiger partial charge in [0.25, 0.3) is 0 Å². The Morgan fingerprint density at radius 1 is 1.14 bits per heavy atom. The highest BCUT2D eigenvalue weighted by Gasteiger charge is 2.36. The first-order valence-corrected chi connectivity index (χ1v) is 11.5. The van der Waals surface area contributed by atoms with Crippen LogP contribution < -0.4 is 5.32 Å². The van der Waals surface area contributed by atoms with Gasteiger partial charge in [-0.1, -0.05) is 6.42 Å². The number of hydrogen-bond acceptors (Lipinski definition) is 7. The largest absolute Gasteiger partial charge is 0.430 e. The summed E-state index contributed by atoms with van der Waals surface area (Å²) < 4.78 is 6.38. The molecule has 5 rings (SSSR count). The lowest BCUT2D eigenvalue weighted by atomic mass is 9.79. The summed E-state index contributed by atoms with van der Waals surface area (Å²) in [4.78, 5) is 25.0. The molecule has 3 aliphatic rings. The van der Waals surface area contributed by atoms with Crippen molar-refractivity contribution in [2.75, 3.05) is 44.7 Å². The van der Waals surface area contributed by atoms with Crippen LogP contribution in [0.3, 0.4) is 0 Å². The number of carbonyl (C=O) groups is 1. The van der Waals surface area contributed by atoms with Crippen LogP contribution in [0.5, 0.6) is 0 Å². The lowest BCUT2D eigenvalue weighted by Crippen LogP contribution is -2.46. The molecule has 1 saturated carbocycles. The second-order valence-corrected chi connectivity index (χ2v) is 9.26. The first kappa shape index (κ1) is 19.2. The zero-order valence-electron chi connectivity index (χ0n) is 16.6. The zero-order chi connectivity index (χ0) is 19.6. The molecule has 2 aliphatic heterocycles. The summed E-state index contributed by atoms with van der Waals surface area (Å²) in [6.45, 7) is 4.92. The fourth-order valence-electron chi connectivity index (χ4n) is 4.46. The molecule has 0 bridgehead atoms. The maximum atomic E-state index is 12.1. The van der Waals surface area contributed by atoms with Crippen LogP contribution in [0, 0.1) is 0 Å². The van der Waals surface area contributed by atoms with Gasteiger partial charge in [0.15, 0.2) is 0 Å². The molecule has 1 aromatic heterocycles. The van der Waals surface area contributed by atoms with Gasteiger partial charge in [-0.05, 0) is 57.0 Å². The Balaban J connectivity index is 1.18. The number of ether oxygens (including phenoxy) is 1. The molecular weight excluding hydrogens is 388 g/mol. The number of fused-ring (bicyclic) bond motifs is 1. The Hall–Kier alpha value is -1.74. The molecule has 29 heavy (non-hydrogen) atoms. The summed E-state index contributed by atoms with van der Waals surface area (Å²) in [6.07, 6.45) is 6.10. The van der Waals surface area contributed by atoms with Gasteiger partial charge >= 0.3 is 6.09 Å². The van der Waals surface area contributed by atoms with Crippen molar-refractivity contribution < 1.29 is 14.4 Å². The van der Waals surface area contributed by atoms with Gasteiger partial charge in [-0.15, -0.1) is 16.4 Å². The highest BCUT2D eigenvalue weighted by molar-refractivity contribution is 7.18. The first-order chi connectivity index (χ1) is 14.2. The highest BCUT2D eigenvalue weighted by atomic mass is 32.1. The smallest absolute Gasteiger partial charge is 0.379 e. The van der Waals surface area contributed by atoms with Crippen LogP contribution >= 0.6 is 11.3 Å². The van der Waals surface area contributed by atoms with E-state index >= 15 is 0 Å². The van der Waals surface area contributed by atoms with Crippen LogP contribution in [0.4, 0.5) is 10.5 Å². The lowest BCUT2D eigenvalue weighted by molar-refractivity contribution is -0.142. The molecule has 0 radical (unpaired) electrons. The van der Waals surface area contributed by atoms with Crippen molar-refractivity contribution in [1.82, 2.24) is 14.9 Å². The summed E-state index contributed by atoms with van der Waals surface area (Å²) >= 11 is 1.76. The van der Waals surface area contributed by atoms with Gasteiger partial charge in [0, 0.05) is 17.6 Å². The topological polar surface area (TPSA) is 66.9 Å². The number of rotatable bonds is 4. The van der Waals surface area contributed by atoms with E-state index in [9.17, 15) is 4.79 Å². The van der Waals surface area contributed by atoms with E-state index in [-0.39, 0.29) is 0 Å². The minimum atomic E-state index is -0.459. The molecule has 0 atom stereocenters. The third-order valence-corrected chi connectivity index (χ3v) is 7.38. The van der Waals surface area contributed by atoms with E-state index in [1.54, 1.807) is 16.4 Å². The molecule has 3 fully saturated rings. The summed E-state index contributed by atoms with van der Waals surface area (Å²) in [7, 11) is 0. The molecule has 156 valence electrons. The van der Waals surface area contributed by atoms with E-state index in [1.807, 2.05) is 18.2 Å². The van der Waals surface area contributed by atoms with Crippen LogP contribution in [0.15, 0.2) is 18.2 Å². The number of anilines is 1. The molecule has 1 aliphatic carbocycles. The normalized spacial score (nSPS) is 26.2. The zero-order valence-corrected chi connectivity index (χ0v) is 17.5. The van der Waals surface area contributed by atoms with Gasteiger partial charge in [0.1, 0.15) is 0 Å². The number of thiazole rings is 1. The van der Waals surface area contributed by atoms with E-state index in [2.05, 4.69) is 10.2 Å². The minimum absolute atomic E-state index is 0.459. The molecule has 7 nitrogen and oxygen atoms in total. The maximum absolute atomic E-state index is 12.1. The van der Waals surface area contributed by atoms with Gasteiger partial charge in [0.2, 0.25) is 0 Å². The quantitative estimate of drug-likeness (QED) is 0.817. The summed E-state index contributed by atoms with van der Waals surface area (Å²) in [6, 6.07) is 6.63. The Morgan fingerprint density at radius 2 is 1.93 bits per heavy atom. The van der Waals surface area contributed by atoms with Crippen molar-refractivity contribution in [2.24, 2.45) is 0 Å². The molecule has 0 spiro atoms. The van der Waals surface area contributed by atoms with Crippen LogP contribution in [-0.4, -0.2) is 66.5 Å². The molecule has 0 unspecified atom stereocenters. The number of amides is 1. The number of carbonyl (C=O) groups excluding carboxylic acids is 1. The van der Waals surface area contributed by atoms with Gasteiger partial charge < -0.3 is 14.5 Å². The standard InChI is InChI=1S/C21H28N4O3S/c26-21(28-25-8-10-27-11-9-25)22-16-4-5-18-19(14-16)29-20(23-18)15-12-17(13-15)24-6-2-1-3-7-24/h4-5,14-15,17H,1-3,6-13H2,(H,22,26). The van der Waals surface area contributed by atoms with E-state index in [1.165, 1.54) is 50.2 Å². The summed E-state index contributed by atoms with van der Waals surface area (Å²) in [5.74, 6) is 0.585. The SMILES string of the molecule is O=C(Nc1ccc2nc(C3CC(N4CCCCC4)C3)sc2c1)ON1CCOCC1. The van der Waals surface area contributed by atoms with Crippen molar-refractivity contribution >= 4 is 33.3 Å². The van der Waals surface area contributed by atoms with Gasteiger partial charge in [-0.25, -0.2) is 9.78 Å². The minimum Gasteiger partial charge on any atom is -0.379 e. The maximum Gasteiger partial charge on any atom is 0.430 e. The lowest BCUT2D eigenvalue weighted by Gasteiger charge is -2.43. The van der Waals surface area contributed by atoms with Crippen molar-refractivity contribution in [3.63, 3.8) is 0 Å². The molecular formula is C21H28N4O3S. The monoisotopic (exact) mass is 416 g/mol. The number of likely N-dealkylation sites (tertiary alicyclic amines) is 1. The van der Waals surface area contributed by atoms with Crippen molar-refractivity contribution in [2.45, 2.75) is 44.1 Å². The van der Waals surface area contributed by atoms with E-state index in [0.717, 1.165) is 21.9 Å². The fourth-order valence-corrected chi connectivity index (χ4v) is 5.59. The average molecular weight is 417 g/mol. The highest BCUT2D eigenvalue weighted by Crippen LogP contribution is 2.43. The van der Waals surface area contributed by atoms with Gasteiger partial charge in [-0.2, -0.15) is 0 Å². The molecule has 2 saturated heterocycles. The molecule has 1 N–H and O–H groups in total. The van der Waals surface area contributed by atoms with Gasteiger partial charge in [0.05, 0.1) is 41.5 Å². The second kappa shape index (κ2) is 8.55. The van der Waals surface area contributed by atoms with E-state index in [0.29, 0.717) is 32.2 Å². The Bertz CT molecular complexity index is 855. The average Bonchev–Trinajstić information content (AvgIpc) is 3.11. The predicted octanol–water partition coefficient (Wildman–Crippen LogP) is 3.82. The van der Waals surface area contributed by atoms with Crippen LogP contribution in [0.1, 0.15) is 43.0 Å². The van der Waals surface area contributed by atoms with Crippen molar-refractivity contribution in [1.29, 1.82) is 0 Å².